The first-order valence-corrected chi connectivity index (χ1v) is 4.44. The molecule has 64 valence electrons. The van der Waals surface area contributed by atoms with Crippen LogP contribution in [0.1, 0.15) is 20.3 Å². The molecule has 0 radical (unpaired) electrons. The third-order valence-electron chi connectivity index (χ3n) is 2.23. The van der Waals surface area contributed by atoms with Gasteiger partial charge in [-0.3, -0.25) is 4.90 Å². The summed E-state index contributed by atoms with van der Waals surface area (Å²) in [5.41, 5.74) is 1.55. The zero-order chi connectivity index (χ0) is 8.10. The van der Waals surface area contributed by atoms with Gasteiger partial charge in [-0.25, -0.2) is 0 Å². The van der Waals surface area contributed by atoms with Crippen LogP contribution in [0.4, 0.5) is 0 Å². The number of nitrogens with zero attached hydrogens (tertiary/aromatic N) is 1. The summed E-state index contributed by atoms with van der Waals surface area (Å²) in [4.78, 5) is 2.44. The molecule has 1 saturated heterocycles. The molecule has 0 saturated carbocycles. The highest BCUT2D eigenvalue weighted by molar-refractivity contribution is 5.02. The number of rotatable bonds is 3. The van der Waals surface area contributed by atoms with Gasteiger partial charge in [0.05, 0.1) is 0 Å². The van der Waals surface area contributed by atoms with Crippen molar-refractivity contribution in [1.82, 2.24) is 10.2 Å². The van der Waals surface area contributed by atoms with Crippen molar-refractivity contribution in [3.05, 3.63) is 11.6 Å². The Morgan fingerprint density at radius 3 is 2.91 bits per heavy atom. The maximum absolute atomic E-state index is 3.32. The summed E-state index contributed by atoms with van der Waals surface area (Å²) < 4.78 is 0. The lowest BCUT2D eigenvalue weighted by atomic mass is 10.2. The summed E-state index contributed by atoms with van der Waals surface area (Å²) in [6.45, 7) is 8.93. The van der Waals surface area contributed by atoms with Crippen LogP contribution < -0.4 is 5.32 Å². The normalized spacial score (nSPS) is 21.1. The van der Waals surface area contributed by atoms with E-state index in [1.807, 2.05) is 0 Å². The SMILES string of the molecule is CC=C(CC)CN1CCNC1. The number of nitrogens with one attached hydrogen (secondary N) is 1. The number of hydrogen-bond acceptors (Lipinski definition) is 2. The van der Waals surface area contributed by atoms with Crippen LogP contribution >= 0.6 is 0 Å². The van der Waals surface area contributed by atoms with Gasteiger partial charge in [0, 0.05) is 26.3 Å². The molecule has 1 rings (SSSR count). The molecule has 0 atom stereocenters. The van der Waals surface area contributed by atoms with E-state index in [4.69, 9.17) is 0 Å². The molecule has 1 heterocycles. The lowest BCUT2D eigenvalue weighted by Gasteiger charge is -2.14. The first-order valence-electron chi connectivity index (χ1n) is 4.44. The van der Waals surface area contributed by atoms with Crippen molar-refractivity contribution in [3.63, 3.8) is 0 Å². The van der Waals surface area contributed by atoms with E-state index in [0.717, 1.165) is 19.8 Å². The van der Waals surface area contributed by atoms with Crippen LogP contribution in [0.3, 0.4) is 0 Å². The van der Waals surface area contributed by atoms with Gasteiger partial charge < -0.3 is 5.32 Å². The van der Waals surface area contributed by atoms with Crippen molar-refractivity contribution in [3.8, 4) is 0 Å². The topological polar surface area (TPSA) is 15.3 Å². The third kappa shape index (κ3) is 2.64. The van der Waals surface area contributed by atoms with Gasteiger partial charge in [-0.2, -0.15) is 0 Å². The molecule has 0 aromatic rings. The van der Waals surface area contributed by atoms with Crippen molar-refractivity contribution in [2.45, 2.75) is 20.3 Å². The summed E-state index contributed by atoms with van der Waals surface area (Å²) in [6.07, 6.45) is 3.42. The lowest BCUT2D eigenvalue weighted by molar-refractivity contribution is 0.361. The summed E-state index contributed by atoms with van der Waals surface area (Å²) >= 11 is 0. The molecule has 0 aromatic carbocycles. The van der Waals surface area contributed by atoms with E-state index in [2.05, 4.69) is 30.1 Å². The molecule has 0 amide bonds. The van der Waals surface area contributed by atoms with Crippen LogP contribution in [0.2, 0.25) is 0 Å². The van der Waals surface area contributed by atoms with Gasteiger partial charge in [0.25, 0.3) is 0 Å². The second-order valence-corrected chi connectivity index (χ2v) is 3.01. The Balaban J connectivity index is 2.27. The zero-order valence-corrected chi connectivity index (χ0v) is 7.56. The van der Waals surface area contributed by atoms with Crippen molar-refractivity contribution in [2.75, 3.05) is 26.3 Å². The van der Waals surface area contributed by atoms with Crippen LogP contribution in [0.15, 0.2) is 11.6 Å². The average Bonchev–Trinajstić information content (AvgIpc) is 2.52. The predicted octanol–water partition coefficient (Wildman–Crippen LogP) is 1.21. The molecule has 2 nitrogen and oxygen atoms in total. The second kappa shape index (κ2) is 4.52. The van der Waals surface area contributed by atoms with Crippen LogP contribution in [-0.2, 0) is 0 Å². The predicted molar refractivity (Wildman–Crippen MR) is 48.5 cm³/mol. The highest BCUT2D eigenvalue weighted by Gasteiger charge is 2.10. The van der Waals surface area contributed by atoms with Gasteiger partial charge >= 0.3 is 0 Å². The number of allylic oxidation sites excluding steroid dienone is 1. The summed E-state index contributed by atoms with van der Waals surface area (Å²) in [6, 6.07) is 0. The monoisotopic (exact) mass is 154 g/mol. The standard InChI is InChI=1S/C9H18N2/c1-3-9(4-2)7-11-6-5-10-8-11/h3,10H,4-8H2,1-2H3. The van der Waals surface area contributed by atoms with Crippen LogP contribution in [0.5, 0.6) is 0 Å². The lowest BCUT2D eigenvalue weighted by Crippen LogP contribution is -2.24. The fourth-order valence-electron chi connectivity index (χ4n) is 1.38. The molecular weight excluding hydrogens is 136 g/mol. The van der Waals surface area contributed by atoms with Crippen LogP contribution in [-0.4, -0.2) is 31.2 Å². The van der Waals surface area contributed by atoms with Gasteiger partial charge in [0.1, 0.15) is 0 Å². The summed E-state index contributed by atoms with van der Waals surface area (Å²) in [7, 11) is 0. The average molecular weight is 154 g/mol. The minimum Gasteiger partial charge on any atom is -0.303 e. The van der Waals surface area contributed by atoms with Crippen LogP contribution in [0, 0.1) is 0 Å². The van der Waals surface area contributed by atoms with E-state index >= 15 is 0 Å². The van der Waals surface area contributed by atoms with E-state index < -0.39 is 0 Å². The minimum atomic E-state index is 1.07. The Labute approximate surface area is 69.3 Å². The molecule has 1 fully saturated rings. The molecule has 0 aliphatic carbocycles. The number of hydrogen-bond donors (Lipinski definition) is 1. The largest absolute Gasteiger partial charge is 0.303 e. The fraction of sp³-hybridized carbons (Fsp3) is 0.778. The first kappa shape index (κ1) is 8.75. The van der Waals surface area contributed by atoms with Crippen molar-refractivity contribution < 1.29 is 0 Å². The Morgan fingerprint density at radius 2 is 2.45 bits per heavy atom. The molecule has 2 heteroatoms. The fourth-order valence-corrected chi connectivity index (χ4v) is 1.38. The smallest absolute Gasteiger partial charge is 0.0484 e. The maximum Gasteiger partial charge on any atom is 0.0484 e. The molecule has 1 aliphatic rings. The molecular formula is C9H18N2. The Morgan fingerprint density at radius 1 is 1.64 bits per heavy atom. The van der Waals surface area contributed by atoms with Gasteiger partial charge in [-0.1, -0.05) is 18.6 Å². The summed E-state index contributed by atoms with van der Waals surface area (Å²) in [5, 5.41) is 3.32. The molecule has 1 N–H and O–H groups in total. The van der Waals surface area contributed by atoms with Crippen molar-refractivity contribution in [1.29, 1.82) is 0 Å². The summed E-state index contributed by atoms with van der Waals surface area (Å²) in [5.74, 6) is 0. The minimum absolute atomic E-state index is 1.07. The van der Waals surface area contributed by atoms with Gasteiger partial charge in [-0.05, 0) is 13.3 Å². The molecule has 11 heavy (non-hydrogen) atoms. The van der Waals surface area contributed by atoms with E-state index in [1.54, 1.807) is 5.57 Å². The second-order valence-electron chi connectivity index (χ2n) is 3.01. The molecule has 1 aliphatic heterocycles. The van der Waals surface area contributed by atoms with E-state index in [9.17, 15) is 0 Å². The van der Waals surface area contributed by atoms with Crippen LogP contribution in [0.25, 0.3) is 0 Å². The third-order valence-corrected chi connectivity index (χ3v) is 2.23. The van der Waals surface area contributed by atoms with E-state index in [0.29, 0.717) is 0 Å². The van der Waals surface area contributed by atoms with Crippen molar-refractivity contribution in [2.24, 2.45) is 0 Å². The van der Waals surface area contributed by atoms with Gasteiger partial charge in [-0.15, -0.1) is 0 Å². The quantitative estimate of drug-likeness (QED) is 0.615. The van der Waals surface area contributed by atoms with Crippen molar-refractivity contribution >= 4 is 0 Å². The molecule has 0 aromatic heterocycles. The molecule has 0 bridgehead atoms. The van der Waals surface area contributed by atoms with E-state index in [-0.39, 0.29) is 0 Å². The Hall–Kier alpha value is -0.340. The Kier molecular flexibility index (Phi) is 3.60. The highest BCUT2D eigenvalue weighted by atomic mass is 15.3. The highest BCUT2D eigenvalue weighted by Crippen LogP contribution is 2.04. The molecule has 0 spiro atoms. The Bertz CT molecular complexity index is 134. The first-order chi connectivity index (χ1) is 5.36. The van der Waals surface area contributed by atoms with E-state index in [1.165, 1.54) is 13.0 Å². The van der Waals surface area contributed by atoms with Gasteiger partial charge in [0.2, 0.25) is 0 Å². The molecule has 0 unspecified atom stereocenters. The van der Waals surface area contributed by atoms with Gasteiger partial charge in [0.15, 0.2) is 0 Å². The zero-order valence-electron chi connectivity index (χ0n) is 7.56. The maximum atomic E-state index is 3.32.